The number of nitrogens with zero attached hydrogens (tertiary/aromatic N) is 3. The van der Waals surface area contributed by atoms with E-state index < -0.39 is 0 Å². The van der Waals surface area contributed by atoms with Gasteiger partial charge >= 0.3 is 0 Å². The quantitative estimate of drug-likeness (QED) is 0.906. The van der Waals surface area contributed by atoms with Crippen LogP contribution in [0.2, 0.25) is 0 Å². The number of methoxy groups -OCH3 is 1. The molecule has 1 aromatic heterocycles. The lowest BCUT2D eigenvalue weighted by Gasteiger charge is -2.17. The number of nitriles is 1. The molecule has 1 heterocycles. The number of anilines is 1. The Labute approximate surface area is 149 Å². The van der Waals surface area contributed by atoms with E-state index in [9.17, 15) is 5.26 Å². The maximum absolute atomic E-state index is 9.58. The van der Waals surface area contributed by atoms with Crippen molar-refractivity contribution < 1.29 is 4.74 Å². The number of benzene rings is 1. The zero-order valence-electron chi connectivity index (χ0n) is 15.3. The number of hydrogen-bond donors (Lipinski definition) is 1. The molecule has 0 amide bonds. The van der Waals surface area contributed by atoms with Crippen molar-refractivity contribution in [2.75, 3.05) is 26.9 Å². The highest BCUT2D eigenvalue weighted by Crippen LogP contribution is 2.48. The van der Waals surface area contributed by atoms with Crippen LogP contribution in [0.1, 0.15) is 36.6 Å². The van der Waals surface area contributed by atoms with Gasteiger partial charge < -0.3 is 15.4 Å². The predicted octanol–water partition coefficient (Wildman–Crippen LogP) is 3.32. The molecule has 0 atom stereocenters. The highest BCUT2D eigenvalue weighted by molar-refractivity contribution is 5.77. The van der Waals surface area contributed by atoms with Gasteiger partial charge in [-0.3, -0.25) is 0 Å². The van der Waals surface area contributed by atoms with E-state index in [1.54, 1.807) is 7.11 Å². The van der Waals surface area contributed by atoms with Crippen molar-refractivity contribution in [3.05, 3.63) is 41.1 Å². The minimum atomic E-state index is 0.0930. The van der Waals surface area contributed by atoms with Gasteiger partial charge in [0.15, 0.2) is 0 Å². The molecule has 2 aromatic rings. The number of rotatable bonds is 5. The third-order valence-electron chi connectivity index (χ3n) is 4.86. The Morgan fingerprint density at radius 3 is 2.60 bits per heavy atom. The van der Waals surface area contributed by atoms with Gasteiger partial charge in [0.1, 0.15) is 23.2 Å². The Hall–Kier alpha value is -2.58. The molecule has 0 unspecified atom stereocenters. The fraction of sp³-hybridized carbons (Fsp3) is 0.400. The minimum Gasteiger partial charge on any atom is -0.496 e. The summed E-state index contributed by atoms with van der Waals surface area (Å²) < 4.78 is 5.48. The topological polar surface area (TPSA) is 75.2 Å². The Morgan fingerprint density at radius 2 is 2.04 bits per heavy atom. The van der Waals surface area contributed by atoms with Crippen molar-refractivity contribution in [1.29, 1.82) is 5.26 Å². The molecule has 0 saturated heterocycles. The zero-order chi connectivity index (χ0) is 18.2. The van der Waals surface area contributed by atoms with Crippen LogP contribution in [0.15, 0.2) is 24.3 Å². The van der Waals surface area contributed by atoms with E-state index in [-0.39, 0.29) is 5.41 Å². The molecule has 130 valence electrons. The summed E-state index contributed by atoms with van der Waals surface area (Å²) in [6.07, 6.45) is 2.22. The van der Waals surface area contributed by atoms with Crippen molar-refractivity contribution in [1.82, 2.24) is 9.88 Å². The monoisotopic (exact) mass is 336 g/mol. The van der Waals surface area contributed by atoms with E-state index >= 15 is 0 Å². The van der Waals surface area contributed by atoms with E-state index in [0.29, 0.717) is 11.4 Å². The minimum absolute atomic E-state index is 0.0930. The molecule has 1 saturated carbocycles. The lowest BCUT2D eigenvalue weighted by Crippen LogP contribution is -2.12. The summed E-state index contributed by atoms with van der Waals surface area (Å²) in [6, 6.07) is 10.3. The molecular weight excluding hydrogens is 312 g/mol. The summed E-state index contributed by atoms with van der Waals surface area (Å²) in [4.78, 5) is 6.58. The number of aromatic nitrogens is 1. The Morgan fingerprint density at radius 1 is 1.32 bits per heavy atom. The van der Waals surface area contributed by atoms with Crippen LogP contribution in [0.3, 0.4) is 0 Å². The fourth-order valence-corrected chi connectivity index (χ4v) is 3.07. The number of nitrogens with two attached hydrogens (primary N) is 1. The van der Waals surface area contributed by atoms with E-state index in [0.717, 1.165) is 47.5 Å². The lowest BCUT2D eigenvalue weighted by atomic mass is 9.94. The van der Waals surface area contributed by atoms with Gasteiger partial charge in [-0.1, -0.05) is 13.0 Å². The first kappa shape index (κ1) is 17.2. The summed E-state index contributed by atoms with van der Waals surface area (Å²) in [5.41, 5.74) is 10.5. The third-order valence-corrected chi connectivity index (χ3v) is 4.86. The van der Waals surface area contributed by atoms with Gasteiger partial charge in [-0.25, -0.2) is 4.98 Å². The molecule has 1 fully saturated rings. The third kappa shape index (κ3) is 3.31. The normalized spacial score (nSPS) is 15.0. The molecule has 0 radical (unpaired) electrons. The molecule has 1 aromatic carbocycles. The van der Waals surface area contributed by atoms with Crippen molar-refractivity contribution >= 4 is 5.82 Å². The van der Waals surface area contributed by atoms with Crippen molar-refractivity contribution in [3.63, 3.8) is 0 Å². The first-order valence-electron chi connectivity index (χ1n) is 8.41. The summed E-state index contributed by atoms with van der Waals surface area (Å²) in [5, 5.41) is 9.58. The highest BCUT2D eigenvalue weighted by Gasteiger charge is 2.41. The van der Waals surface area contributed by atoms with E-state index in [2.05, 4.69) is 28.9 Å². The molecule has 0 spiro atoms. The molecular formula is C20H24N4O. The van der Waals surface area contributed by atoms with Crippen molar-refractivity contribution in [2.24, 2.45) is 0 Å². The molecule has 0 bridgehead atoms. The SMILES string of the molecule is COc1ccc(-c2cc(C3(C)CC3)nc(N)c2C#N)cc1CN(C)C. The van der Waals surface area contributed by atoms with Gasteiger partial charge in [0.05, 0.1) is 7.11 Å². The molecule has 1 aliphatic rings. The van der Waals surface area contributed by atoms with Gasteiger partial charge in [0, 0.05) is 28.8 Å². The van der Waals surface area contributed by atoms with E-state index in [1.165, 1.54) is 0 Å². The van der Waals surface area contributed by atoms with Crippen LogP contribution >= 0.6 is 0 Å². The van der Waals surface area contributed by atoms with Gasteiger partial charge in [-0.2, -0.15) is 5.26 Å². The first-order valence-corrected chi connectivity index (χ1v) is 8.41. The Balaban J connectivity index is 2.15. The summed E-state index contributed by atoms with van der Waals surface area (Å²) in [6.45, 7) is 2.94. The van der Waals surface area contributed by atoms with Crippen LogP contribution in [0.5, 0.6) is 5.75 Å². The number of hydrogen-bond acceptors (Lipinski definition) is 5. The number of nitrogen functional groups attached to an aromatic ring is 1. The first-order chi connectivity index (χ1) is 11.9. The average molecular weight is 336 g/mol. The van der Waals surface area contributed by atoms with E-state index in [1.807, 2.05) is 32.3 Å². The molecule has 5 nitrogen and oxygen atoms in total. The fourth-order valence-electron chi connectivity index (χ4n) is 3.07. The highest BCUT2D eigenvalue weighted by atomic mass is 16.5. The van der Waals surface area contributed by atoms with Crippen LogP contribution in [-0.4, -0.2) is 31.1 Å². The molecule has 3 rings (SSSR count). The van der Waals surface area contributed by atoms with Crippen LogP contribution < -0.4 is 10.5 Å². The van der Waals surface area contributed by atoms with Crippen LogP contribution in [-0.2, 0) is 12.0 Å². The second-order valence-corrected chi connectivity index (χ2v) is 7.25. The Kier molecular flexibility index (Phi) is 4.40. The molecule has 25 heavy (non-hydrogen) atoms. The summed E-state index contributed by atoms with van der Waals surface area (Å²) in [7, 11) is 5.71. The number of pyridine rings is 1. The zero-order valence-corrected chi connectivity index (χ0v) is 15.3. The summed E-state index contributed by atoms with van der Waals surface area (Å²) in [5.74, 6) is 1.15. The Bertz CT molecular complexity index is 848. The second kappa shape index (κ2) is 6.38. The van der Waals surface area contributed by atoms with Gasteiger partial charge in [-0.05, 0) is 50.7 Å². The maximum atomic E-state index is 9.58. The largest absolute Gasteiger partial charge is 0.496 e. The van der Waals surface area contributed by atoms with Gasteiger partial charge in [-0.15, -0.1) is 0 Å². The van der Waals surface area contributed by atoms with Crippen LogP contribution in [0, 0.1) is 11.3 Å². The smallest absolute Gasteiger partial charge is 0.142 e. The van der Waals surface area contributed by atoms with E-state index in [4.69, 9.17) is 10.5 Å². The van der Waals surface area contributed by atoms with Gasteiger partial charge in [0.25, 0.3) is 0 Å². The van der Waals surface area contributed by atoms with Crippen LogP contribution in [0.4, 0.5) is 5.82 Å². The molecule has 5 heteroatoms. The molecule has 0 aliphatic heterocycles. The standard InChI is InChI=1S/C20H24N4O/c1-20(7-8-20)18-10-15(16(11-21)19(22)23-18)13-5-6-17(25-4)14(9-13)12-24(2)3/h5-6,9-10H,7-8,12H2,1-4H3,(H2,22,23). The van der Waals surface area contributed by atoms with Crippen LogP contribution in [0.25, 0.3) is 11.1 Å². The maximum Gasteiger partial charge on any atom is 0.142 e. The predicted molar refractivity (Wildman–Crippen MR) is 99.3 cm³/mol. The molecule has 2 N–H and O–H groups in total. The van der Waals surface area contributed by atoms with Gasteiger partial charge in [0.2, 0.25) is 0 Å². The second-order valence-electron chi connectivity index (χ2n) is 7.25. The molecule has 1 aliphatic carbocycles. The lowest BCUT2D eigenvalue weighted by molar-refractivity contribution is 0.372. The average Bonchev–Trinajstić information content (AvgIpc) is 3.32. The summed E-state index contributed by atoms with van der Waals surface area (Å²) >= 11 is 0. The number of ether oxygens (including phenoxy) is 1. The van der Waals surface area contributed by atoms with Crippen molar-refractivity contribution in [3.8, 4) is 22.9 Å². The van der Waals surface area contributed by atoms with Crippen molar-refractivity contribution in [2.45, 2.75) is 31.7 Å².